The topological polar surface area (TPSA) is 93.8 Å². The number of methoxy groups -OCH3 is 3. The van der Waals surface area contributed by atoms with Crippen LogP contribution in [0.2, 0.25) is 0 Å². The molecule has 0 saturated heterocycles. The Morgan fingerprint density at radius 2 is 1.97 bits per heavy atom. The summed E-state index contributed by atoms with van der Waals surface area (Å²) in [6, 6.07) is 5.65. The van der Waals surface area contributed by atoms with Crippen LogP contribution in [-0.2, 0) is 17.8 Å². The number of aryl methyl sites for hydroxylation is 1. The van der Waals surface area contributed by atoms with E-state index in [0.29, 0.717) is 39.6 Å². The summed E-state index contributed by atoms with van der Waals surface area (Å²) in [4.78, 5) is 34.8. The maximum atomic E-state index is 12.6. The van der Waals surface area contributed by atoms with Gasteiger partial charge in [0.15, 0.2) is 0 Å². The first-order chi connectivity index (χ1) is 13.9. The fourth-order valence-electron chi connectivity index (χ4n) is 3.14. The van der Waals surface area contributed by atoms with Gasteiger partial charge in [0.2, 0.25) is 0 Å². The smallest absolute Gasteiger partial charge is 0.348 e. The first-order valence-corrected chi connectivity index (χ1v) is 9.69. The van der Waals surface area contributed by atoms with Crippen molar-refractivity contribution in [1.82, 2.24) is 14.9 Å². The lowest BCUT2D eigenvalue weighted by atomic mass is 10.1. The number of nitrogens with zero attached hydrogens (tertiary/aromatic N) is 2. The zero-order valence-corrected chi connectivity index (χ0v) is 17.8. The predicted octanol–water partition coefficient (Wildman–Crippen LogP) is 2.73. The minimum Gasteiger partial charge on any atom is -0.497 e. The number of esters is 1. The van der Waals surface area contributed by atoms with Crippen LogP contribution in [0.3, 0.4) is 0 Å². The molecule has 0 bridgehead atoms. The van der Waals surface area contributed by atoms with Crippen LogP contribution >= 0.6 is 11.3 Å². The van der Waals surface area contributed by atoms with E-state index in [-0.39, 0.29) is 5.56 Å². The Hall–Kier alpha value is -2.91. The largest absolute Gasteiger partial charge is 0.497 e. The summed E-state index contributed by atoms with van der Waals surface area (Å²) in [6.07, 6.45) is 0. The Morgan fingerprint density at radius 3 is 2.62 bits per heavy atom. The molecule has 0 radical (unpaired) electrons. The molecule has 0 spiro atoms. The lowest BCUT2D eigenvalue weighted by Gasteiger charge is -2.18. The second-order valence-electron chi connectivity index (χ2n) is 6.59. The van der Waals surface area contributed by atoms with Gasteiger partial charge in [-0.1, -0.05) is 6.07 Å². The van der Waals surface area contributed by atoms with Crippen molar-refractivity contribution in [2.75, 3.05) is 28.4 Å². The standard InChI is InChI=1S/C20H23N3O5S/c1-11-16-18(24)21-15(22-19(16)29-17(11)20(25)28-5)10-23(2)9-12-6-7-13(26-3)8-14(12)27-4/h6-8H,9-10H2,1-5H3,(H,21,22,24). The monoisotopic (exact) mass is 417 g/mol. The van der Waals surface area contributed by atoms with E-state index in [0.717, 1.165) is 17.1 Å². The lowest BCUT2D eigenvalue weighted by molar-refractivity contribution is 0.0605. The number of rotatable bonds is 7. The van der Waals surface area contributed by atoms with Crippen LogP contribution in [0.15, 0.2) is 23.0 Å². The summed E-state index contributed by atoms with van der Waals surface area (Å²) >= 11 is 1.17. The number of H-pyrrole nitrogens is 1. The van der Waals surface area contributed by atoms with Gasteiger partial charge in [0, 0.05) is 18.2 Å². The third kappa shape index (κ3) is 4.25. The molecule has 0 saturated carbocycles. The molecule has 3 aromatic rings. The number of hydrogen-bond donors (Lipinski definition) is 1. The highest BCUT2D eigenvalue weighted by atomic mass is 32.1. The van der Waals surface area contributed by atoms with Gasteiger partial charge in [0.25, 0.3) is 5.56 Å². The van der Waals surface area contributed by atoms with Gasteiger partial charge >= 0.3 is 5.97 Å². The summed E-state index contributed by atoms with van der Waals surface area (Å²) in [5.41, 5.74) is 1.32. The molecule has 0 fully saturated rings. The quantitative estimate of drug-likeness (QED) is 0.591. The maximum absolute atomic E-state index is 12.6. The predicted molar refractivity (Wildman–Crippen MR) is 111 cm³/mol. The average molecular weight is 417 g/mol. The molecule has 2 aromatic heterocycles. The number of carbonyl (C=O) groups excluding carboxylic acids is 1. The van der Waals surface area contributed by atoms with Crippen LogP contribution < -0.4 is 15.0 Å². The van der Waals surface area contributed by atoms with Gasteiger partial charge in [-0.2, -0.15) is 0 Å². The third-order valence-corrected chi connectivity index (χ3v) is 5.74. The van der Waals surface area contributed by atoms with Crippen molar-refractivity contribution in [3.8, 4) is 11.5 Å². The second kappa shape index (κ2) is 8.62. The van der Waals surface area contributed by atoms with Crippen molar-refractivity contribution < 1.29 is 19.0 Å². The minimum atomic E-state index is -0.463. The van der Waals surface area contributed by atoms with E-state index in [1.165, 1.54) is 18.4 Å². The van der Waals surface area contributed by atoms with Crippen LogP contribution in [0.25, 0.3) is 10.2 Å². The average Bonchev–Trinajstić information content (AvgIpc) is 3.04. The molecule has 0 aliphatic rings. The van der Waals surface area contributed by atoms with Crippen molar-refractivity contribution >= 4 is 27.5 Å². The number of thiophene rings is 1. The number of nitrogens with one attached hydrogen (secondary N) is 1. The van der Waals surface area contributed by atoms with Gasteiger partial charge in [0.05, 0.1) is 33.3 Å². The highest BCUT2D eigenvalue weighted by Crippen LogP contribution is 2.28. The van der Waals surface area contributed by atoms with Crippen LogP contribution in [0.5, 0.6) is 11.5 Å². The molecule has 2 heterocycles. The molecule has 29 heavy (non-hydrogen) atoms. The van der Waals surface area contributed by atoms with Gasteiger partial charge in [-0.05, 0) is 25.6 Å². The van der Waals surface area contributed by atoms with Gasteiger partial charge < -0.3 is 19.2 Å². The van der Waals surface area contributed by atoms with E-state index in [9.17, 15) is 9.59 Å². The summed E-state index contributed by atoms with van der Waals surface area (Å²) in [5.74, 6) is 1.51. The highest BCUT2D eigenvalue weighted by molar-refractivity contribution is 7.20. The Kier molecular flexibility index (Phi) is 6.19. The number of ether oxygens (including phenoxy) is 3. The fraction of sp³-hybridized carbons (Fsp3) is 0.350. The number of hydrogen-bond acceptors (Lipinski definition) is 8. The number of aromatic amines is 1. The second-order valence-corrected chi connectivity index (χ2v) is 7.59. The third-order valence-electron chi connectivity index (χ3n) is 4.57. The van der Waals surface area contributed by atoms with Gasteiger partial charge in [-0.3, -0.25) is 9.69 Å². The van der Waals surface area contributed by atoms with Gasteiger partial charge in [0.1, 0.15) is 27.0 Å². The molecule has 1 aromatic carbocycles. The fourth-order valence-corrected chi connectivity index (χ4v) is 4.25. The Bertz CT molecular complexity index is 1110. The Morgan fingerprint density at radius 1 is 1.21 bits per heavy atom. The Labute approximate surface area is 172 Å². The van der Waals surface area contributed by atoms with E-state index >= 15 is 0 Å². The zero-order valence-electron chi connectivity index (χ0n) is 17.0. The first kappa shape index (κ1) is 20.8. The van der Waals surface area contributed by atoms with Crippen molar-refractivity contribution in [3.63, 3.8) is 0 Å². The zero-order chi connectivity index (χ0) is 21.1. The molecule has 0 atom stereocenters. The normalized spacial score (nSPS) is 11.1. The molecule has 1 N–H and O–H groups in total. The van der Waals surface area contributed by atoms with Gasteiger partial charge in [-0.15, -0.1) is 11.3 Å². The summed E-state index contributed by atoms with van der Waals surface area (Å²) in [6.45, 7) is 2.74. The molecule has 0 unspecified atom stereocenters. The molecule has 0 aliphatic heterocycles. The number of fused-ring (bicyclic) bond motifs is 1. The van der Waals surface area contributed by atoms with Crippen LogP contribution in [0.1, 0.15) is 26.6 Å². The number of carbonyl (C=O) groups is 1. The number of aromatic nitrogens is 2. The van der Waals surface area contributed by atoms with Crippen LogP contribution in [0, 0.1) is 6.92 Å². The maximum Gasteiger partial charge on any atom is 0.348 e. The van der Waals surface area contributed by atoms with Crippen molar-refractivity contribution in [2.24, 2.45) is 0 Å². The van der Waals surface area contributed by atoms with Crippen molar-refractivity contribution in [3.05, 3.63) is 50.4 Å². The Balaban J connectivity index is 1.85. The molecule has 8 nitrogen and oxygen atoms in total. The molecule has 154 valence electrons. The molecule has 9 heteroatoms. The highest BCUT2D eigenvalue weighted by Gasteiger charge is 2.20. The lowest BCUT2D eigenvalue weighted by Crippen LogP contribution is -2.22. The van der Waals surface area contributed by atoms with Crippen LogP contribution in [0.4, 0.5) is 0 Å². The van der Waals surface area contributed by atoms with E-state index in [4.69, 9.17) is 14.2 Å². The SMILES string of the molecule is COC(=O)c1sc2nc(CN(C)Cc3ccc(OC)cc3OC)[nH]c(=O)c2c1C. The summed E-state index contributed by atoms with van der Waals surface area (Å²) in [7, 11) is 6.46. The summed E-state index contributed by atoms with van der Waals surface area (Å²) < 4.78 is 15.5. The first-order valence-electron chi connectivity index (χ1n) is 8.88. The molecule has 3 rings (SSSR count). The molecular formula is C20H23N3O5S. The molecule has 0 aliphatic carbocycles. The van der Waals surface area contributed by atoms with Crippen molar-refractivity contribution in [2.45, 2.75) is 20.0 Å². The van der Waals surface area contributed by atoms with E-state index < -0.39 is 5.97 Å². The van der Waals surface area contributed by atoms with Crippen molar-refractivity contribution in [1.29, 1.82) is 0 Å². The number of benzene rings is 1. The molecular weight excluding hydrogens is 394 g/mol. The van der Waals surface area contributed by atoms with E-state index in [1.54, 1.807) is 21.1 Å². The minimum absolute atomic E-state index is 0.260. The van der Waals surface area contributed by atoms with Crippen LogP contribution in [-0.4, -0.2) is 49.2 Å². The summed E-state index contributed by atoms with van der Waals surface area (Å²) in [5, 5.41) is 0.429. The molecule has 0 amide bonds. The van der Waals surface area contributed by atoms with E-state index in [1.807, 2.05) is 30.1 Å². The van der Waals surface area contributed by atoms with E-state index in [2.05, 4.69) is 9.97 Å². The van der Waals surface area contributed by atoms with Gasteiger partial charge in [-0.25, -0.2) is 9.78 Å².